The van der Waals surface area contributed by atoms with Crippen molar-refractivity contribution in [1.82, 2.24) is 5.32 Å². The lowest BCUT2D eigenvalue weighted by molar-refractivity contribution is 0.0936. The van der Waals surface area contributed by atoms with Gasteiger partial charge in [-0.3, -0.25) is 4.79 Å². The first kappa shape index (κ1) is 13.0. The molecule has 0 aliphatic rings. The molecule has 0 bridgehead atoms. The van der Waals surface area contributed by atoms with E-state index in [0.717, 1.165) is 6.42 Å². The Labute approximate surface area is 101 Å². The molecule has 4 nitrogen and oxygen atoms in total. The van der Waals surface area contributed by atoms with Gasteiger partial charge in [0.25, 0.3) is 5.91 Å². The van der Waals surface area contributed by atoms with Crippen LogP contribution in [0.25, 0.3) is 0 Å². The van der Waals surface area contributed by atoms with Crippen molar-refractivity contribution in [1.29, 1.82) is 5.26 Å². The van der Waals surface area contributed by atoms with Gasteiger partial charge in [0.1, 0.15) is 5.75 Å². The van der Waals surface area contributed by atoms with Gasteiger partial charge in [0.15, 0.2) is 0 Å². The summed E-state index contributed by atoms with van der Waals surface area (Å²) in [7, 11) is 1.58. The molecular formula is C13H16N2O2. The van der Waals surface area contributed by atoms with E-state index in [1.54, 1.807) is 31.4 Å². The predicted octanol–water partition coefficient (Wildman–Crippen LogP) is 2.12. The Morgan fingerprint density at radius 2 is 2.12 bits per heavy atom. The molecule has 1 N–H and O–H groups in total. The largest absolute Gasteiger partial charge is 0.497 e. The minimum absolute atomic E-state index is 0.0883. The average molecular weight is 232 g/mol. The summed E-state index contributed by atoms with van der Waals surface area (Å²) in [5.41, 5.74) is 0.571. The maximum absolute atomic E-state index is 11.8. The fraction of sp³-hybridized carbons (Fsp3) is 0.385. The van der Waals surface area contributed by atoms with Crippen molar-refractivity contribution in [2.75, 3.05) is 7.11 Å². The molecule has 17 heavy (non-hydrogen) atoms. The minimum atomic E-state index is -0.158. The van der Waals surface area contributed by atoms with Crippen LogP contribution in [0.3, 0.4) is 0 Å². The van der Waals surface area contributed by atoms with Crippen LogP contribution in [0.15, 0.2) is 24.3 Å². The number of methoxy groups -OCH3 is 1. The molecule has 0 aliphatic carbocycles. The highest BCUT2D eigenvalue weighted by Gasteiger charge is 2.11. The molecule has 0 saturated heterocycles. The third kappa shape index (κ3) is 3.80. The van der Waals surface area contributed by atoms with Crippen LogP contribution < -0.4 is 10.1 Å². The van der Waals surface area contributed by atoms with Crippen LogP contribution in [0, 0.1) is 11.3 Å². The number of nitrogens with zero attached hydrogens (tertiary/aromatic N) is 1. The topological polar surface area (TPSA) is 62.1 Å². The lowest BCUT2D eigenvalue weighted by Gasteiger charge is -2.13. The van der Waals surface area contributed by atoms with Crippen LogP contribution in [-0.4, -0.2) is 19.1 Å². The molecule has 0 heterocycles. The number of benzene rings is 1. The van der Waals surface area contributed by atoms with Gasteiger partial charge in [-0.05, 0) is 30.7 Å². The van der Waals surface area contributed by atoms with Crippen molar-refractivity contribution in [3.63, 3.8) is 0 Å². The second-order valence-electron chi connectivity index (χ2n) is 3.67. The quantitative estimate of drug-likeness (QED) is 0.845. The van der Waals surface area contributed by atoms with Gasteiger partial charge in [-0.15, -0.1) is 0 Å². The number of hydrogen-bond acceptors (Lipinski definition) is 3. The Morgan fingerprint density at radius 1 is 1.47 bits per heavy atom. The fourth-order valence-corrected chi connectivity index (χ4v) is 1.42. The van der Waals surface area contributed by atoms with Gasteiger partial charge in [-0.1, -0.05) is 6.92 Å². The predicted molar refractivity (Wildman–Crippen MR) is 64.8 cm³/mol. The van der Waals surface area contributed by atoms with E-state index in [0.29, 0.717) is 17.7 Å². The molecule has 0 aromatic heterocycles. The summed E-state index contributed by atoms with van der Waals surface area (Å²) in [6.07, 6.45) is 1.08. The highest BCUT2D eigenvalue weighted by Crippen LogP contribution is 2.11. The van der Waals surface area contributed by atoms with Crippen molar-refractivity contribution in [3.05, 3.63) is 29.8 Å². The second kappa shape index (κ2) is 6.54. The number of amides is 1. The highest BCUT2D eigenvalue weighted by atomic mass is 16.5. The lowest BCUT2D eigenvalue weighted by atomic mass is 10.1. The zero-order chi connectivity index (χ0) is 12.7. The number of ether oxygens (including phenoxy) is 1. The molecule has 0 fully saturated rings. The number of nitriles is 1. The summed E-state index contributed by atoms with van der Waals surface area (Å²) in [6.45, 7) is 1.94. The van der Waals surface area contributed by atoms with Crippen molar-refractivity contribution in [2.24, 2.45) is 0 Å². The van der Waals surface area contributed by atoms with Gasteiger partial charge in [0.2, 0.25) is 0 Å². The molecule has 1 unspecified atom stereocenters. The highest BCUT2D eigenvalue weighted by molar-refractivity contribution is 5.94. The smallest absolute Gasteiger partial charge is 0.251 e. The number of nitrogens with one attached hydrogen (secondary N) is 1. The van der Waals surface area contributed by atoms with Crippen LogP contribution in [0.5, 0.6) is 5.75 Å². The number of hydrogen-bond donors (Lipinski definition) is 1. The van der Waals surface area contributed by atoms with Gasteiger partial charge in [0.05, 0.1) is 19.6 Å². The summed E-state index contributed by atoms with van der Waals surface area (Å²) in [4.78, 5) is 11.8. The van der Waals surface area contributed by atoms with Crippen molar-refractivity contribution in [3.8, 4) is 11.8 Å². The molecule has 1 aromatic rings. The van der Waals surface area contributed by atoms with Gasteiger partial charge >= 0.3 is 0 Å². The van der Waals surface area contributed by atoms with Gasteiger partial charge in [0, 0.05) is 11.6 Å². The zero-order valence-electron chi connectivity index (χ0n) is 10.1. The standard InChI is InChI=1S/C13H16N2O2/c1-3-11(8-9-14)15-13(16)10-4-6-12(17-2)7-5-10/h4-7,11H,3,8H2,1-2H3,(H,15,16). The van der Waals surface area contributed by atoms with E-state index in [2.05, 4.69) is 11.4 Å². The van der Waals surface area contributed by atoms with E-state index in [9.17, 15) is 4.79 Å². The first-order valence-electron chi connectivity index (χ1n) is 5.53. The fourth-order valence-electron chi connectivity index (χ4n) is 1.42. The maximum atomic E-state index is 11.8. The third-order valence-electron chi connectivity index (χ3n) is 2.52. The van der Waals surface area contributed by atoms with Crippen LogP contribution in [0.4, 0.5) is 0 Å². The summed E-state index contributed by atoms with van der Waals surface area (Å²) in [5, 5.41) is 11.4. The van der Waals surface area contributed by atoms with E-state index >= 15 is 0 Å². The number of carbonyl (C=O) groups is 1. The van der Waals surface area contributed by atoms with E-state index in [-0.39, 0.29) is 11.9 Å². The molecule has 4 heteroatoms. The van der Waals surface area contributed by atoms with Crippen LogP contribution >= 0.6 is 0 Å². The monoisotopic (exact) mass is 232 g/mol. The van der Waals surface area contributed by atoms with Gasteiger partial charge < -0.3 is 10.1 Å². The normalized spacial score (nSPS) is 11.4. The molecule has 1 aromatic carbocycles. The van der Waals surface area contributed by atoms with Gasteiger partial charge in [-0.2, -0.15) is 5.26 Å². The SMILES string of the molecule is CCC(CC#N)NC(=O)c1ccc(OC)cc1. The van der Waals surface area contributed by atoms with E-state index < -0.39 is 0 Å². The minimum Gasteiger partial charge on any atom is -0.497 e. The molecular weight excluding hydrogens is 216 g/mol. The Balaban J connectivity index is 2.65. The lowest BCUT2D eigenvalue weighted by Crippen LogP contribution is -2.34. The second-order valence-corrected chi connectivity index (χ2v) is 3.67. The summed E-state index contributed by atoms with van der Waals surface area (Å²) < 4.78 is 5.01. The number of carbonyl (C=O) groups excluding carboxylic acids is 1. The third-order valence-corrected chi connectivity index (χ3v) is 2.52. The van der Waals surface area contributed by atoms with Crippen LogP contribution in [0.2, 0.25) is 0 Å². The molecule has 0 spiro atoms. The zero-order valence-corrected chi connectivity index (χ0v) is 10.1. The molecule has 90 valence electrons. The van der Waals surface area contributed by atoms with Crippen LogP contribution in [0.1, 0.15) is 30.1 Å². The van der Waals surface area contributed by atoms with Crippen LogP contribution in [-0.2, 0) is 0 Å². The average Bonchev–Trinajstić information content (AvgIpc) is 2.38. The molecule has 1 rings (SSSR count). The Hall–Kier alpha value is -2.02. The molecule has 0 aliphatic heterocycles. The Bertz CT molecular complexity index is 406. The molecule has 0 saturated carbocycles. The molecule has 0 radical (unpaired) electrons. The van der Waals surface area contributed by atoms with Gasteiger partial charge in [-0.25, -0.2) is 0 Å². The molecule has 1 amide bonds. The first-order chi connectivity index (χ1) is 8.21. The maximum Gasteiger partial charge on any atom is 0.251 e. The number of rotatable bonds is 5. The van der Waals surface area contributed by atoms with E-state index in [1.807, 2.05) is 6.92 Å². The molecule has 1 atom stereocenters. The van der Waals surface area contributed by atoms with E-state index in [1.165, 1.54) is 0 Å². The Kier molecular flexibility index (Phi) is 5.02. The van der Waals surface area contributed by atoms with Crippen molar-refractivity contribution < 1.29 is 9.53 Å². The van der Waals surface area contributed by atoms with E-state index in [4.69, 9.17) is 10.00 Å². The first-order valence-corrected chi connectivity index (χ1v) is 5.53. The van der Waals surface area contributed by atoms with Crippen molar-refractivity contribution >= 4 is 5.91 Å². The van der Waals surface area contributed by atoms with Crippen molar-refractivity contribution in [2.45, 2.75) is 25.8 Å². The summed E-state index contributed by atoms with van der Waals surface area (Å²) in [6, 6.07) is 8.85. The Morgan fingerprint density at radius 3 is 2.59 bits per heavy atom. The summed E-state index contributed by atoms with van der Waals surface area (Å²) >= 11 is 0. The summed E-state index contributed by atoms with van der Waals surface area (Å²) in [5.74, 6) is 0.556.